The smallest absolute Gasteiger partial charge is 0.270 e. The second kappa shape index (κ2) is 9.18. The molecular formula is C25H32N4O3. The zero-order valence-corrected chi connectivity index (χ0v) is 19.2. The van der Waals surface area contributed by atoms with Gasteiger partial charge < -0.3 is 19.3 Å². The van der Waals surface area contributed by atoms with Gasteiger partial charge in [-0.3, -0.25) is 14.4 Å². The van der Waals surface area contributed by atoms with Crippen LogP contribution in [0.2, 0.25) is 0 Å². The fourth-order valence-corrected chi connectivity index (χ4v) is 4.66. The Hall–Kier alpha value is -3.09. The molecule has 3 heterocycles. The number of hydrogen-bond acceptors (Lipinski definition) is 3. The maximum atomic E-state index is 13.5. The molecule has 0 saturated carbocycles. The van der Waals surface area contributed by atoms with Crippen LogP contribution in [0.3, 0.4) is 0 Å². The van der Waals surface area contributed by atoms with Crippen LogP contribution in [0.5, 0.6) is 0 Å². The second-order valence-corrected chi connectivity index (χ2v) is 9.23. The first kappa shape index (κ1) is 22.1. The molecule has 1 aromatic heterocycles. The maximum absolute atomic E-state index is 13.5. The van der Waals surface area contributed by atoms with E-state index in [2.05, 4.69) is 6.07 Å². The number of carbonyl (C=O) groups is 3. The summed E-state index contributed by atoms with van der Waals surface area (Å²) in [6.07, 6.45) is 2.84. The maximum Gasteiger partial charge on any atom is 0.270 e. The fraction of sp³-hybridized carbons (Fsp3) is 0.480. The fourth-order valence-electron chi connectivity index (χ4n) is 4.66. The third-order valence-corrected chi connectivity index (χ3v) is 6.48. The lowest BCUT2D eigenvalue weighted by Crippen LogP contribution is -2.58. The molecule has 3 amide bonds. The molecule has 1 aromatic carbocycles. The lowest BCUT2D eigenvalue weighted by Gasteiger charge is -2.41. The summed E-state index contributed by atoms with van der Waals surface area (Å²) in [6.45, 7) is 6.49. The second-order valence-electron chi connectivity index (χ2n) is 9.23. The highest BCUT2D eigenvalue weighted by Gasteiger charge is 2.38. The monoisotopic (exact) mass is 436 g/mol. The first-order valence-electron chi connectivity index (χ1n) is 11.4. The topological polar surface area (TPSA) is 65.9 Å². The van der Waals surface area contributed by atoms with Gasteiger partial charge in [0.05, 0.1) is 0 Å². The van der Waals surface area contributed by atoms with Crippen molar-refractivity contribution in [2.75, 3.05) is 26.2 Å². The van der Waals surface area contributed by atoms with E-state index in [1.165, 1.54) is 0 Å². The zero-order valence-electron chi connectivity index (χ0n) is 19.2. The summed E-state index contributed by atoms with van der Waals surface area (Å²) in [5, 5.41) is 0. The van der Waals surface area contributed by atoms with Crippen molar-refractivity contribution in [1.29, 1.82) is 0 Å². The summed E-state index contributed by atoms with van der Waals surface area (Å²) in [7, 11) is 1.86. The number of carbonyl (C=O) groups excluding carboxylic acids is 3. The molecule has 32 heavy (non-hydrogen) atoms. The molecule has 4 rings (SSSR count). The number of fused-ring (bicyclic) bond motifs is 1. The largest absolute Gasteiger partial charge is 0.347 e. The van der Waals surface area contributed by atoms with Crippen LogP contribution in [-0.2, 0) is 29.6 Å². The summed E-state index contributed by atoms with van der Waals surface area (Å²) in [5.74, 6) is 0.250. The molecule has 2 aliphatic heterocycles. The summed E-state index contributed by atoms with van der Waals surface area (Å²) in [4.78, 5) is 44.8. The quantitative estimate of drug-likeness (QED) is 0.739. The Morgan fingerprint density at radius 3 is 2.22 bits per heavy atom. The first-order chi connectivity index (χ1) is 15.3. The highest BCUT2D eigenvalue weighted by Crippen LogP contribution is 2.26. The summed E-state index contributed by atoms with van der Waals surface area (Å²) in [6, 6.07) is 11.3. The highest BCUT2D eigenvalue weighted by molar-refractivity contribution is 5.93. The van der Waals surface area contributed by atoms with Crippen molar-refractivity contribution in [2.24, 2.45) is 13.0 Å². The van der Waals surface area contributed by atoms with E-state index in [0.717, 1.165) is 11.1 Å². The van der Waals surface area contributed by atoms with Crippen molar-refractivity contribution >= 4 is 17.7 Å². The van der Waals surface area contributed by atoms with Crippen molar-refractivity contribution < 1.29 is 14.4 Å². The average Bonchev–Trinajstić information content (AvgIpc) is 3.22. The van der Waals surface area contributed by atoms with Crippen molar-refractivity contribution in [3.05, 3.63) is 59.4 Å². The third-order valence-electron chi connectivity index (χ3n) is 6.48. The lowest BCUT2D eigenvalue weighted by molar-refractivity contribution is -0.148. The minimum atomic E-state index is -0.480. The van der Waals surface area contributed by atoms with Crippen molar-refractivity contribution in [2.45, 2.75) is 39.3 Å². The number of amides is 3. The van der Waals surface area contributed by atoms with Crippen LogP contribution in [0.25, 0.3) is 0 Å². The first-order valence-corrected chi connectivity index (χ1v) is 11.4. The minimum Gasteiger partial charge on any atom is -0.347 e. The molecule has 2 aromatic rings. The predicted octanol–water partition coefficient (Wildman–Crippen LogP) is 2.31. The van der Waals surface area contributed by atoms with Gasteiger partial charge in [0.25, 0.3) is 5.91 Å². The van der Waals surface area contributed by atoms with Gasteiger partial charge >= 0.3 is 0 Å². The van der Waals surface area contributed by atoms with E-state index in [0.29, 0.717) is 51.3 Å². The Morgan fingerprint density at radius 1 is 0.938 bits per heavy atom. The van der Waals surface area contributed by atoms with Crippen LogP contribution in [0.4, 0.5) is 0 Å². The van der Waals surface area contributed by atoms with E-state index < -0.39 is 6.04 Å². The Morgan fingerprint density at radius 2 is 1.59 bits per heavy atom. The molecule has 7 nitrogen and oxygen atoms in total. The van der Waals surface area contributed by atoms with E-state index in [1.54, 1.807) is 9.80 Å². The lowest BCUT2D eigenvalue weighted by atomic mass is 9.92. The van der Waals surface area contributed by atoms with Gasteiger partial charge in [-0.05, 0) is 29.2 Å². The molecule has 0 bridgehead atoms. The van der Waals surface area contributed by atoms with Crippen LogP contribution < -0.4 is 0 Å². The Bertz CT molecular complexity index is 1000. The molecule has 1 atom stereocenters. The van der Waals surface area contributed by atoms with E-state index in [1.807, 2.05) is 66.9 Å². The minimum absolute atomic E-state index is 0.00932. The molecule has 0 N–H and O–H groups in total. The van der Waals surface area contributed by atoms with Gasteiger partial charge in [0, 0.05) is 58.8 Å². The molecule has 2 aliphatic rings. The Labute approximate surface area is 189 Å². The predicted molar refractivity (Wildman–Crippen MR) is 122 cm³/mol. The van der Waals surface area contributed by atoms with E-state index >= 15 is 0 Å². The van der Waals surface area contributed by atoms with Gasteiger partial charge in [-0.15, -0.1) is 0 Å². The van der Waals surface area contributed by atoms with Gasteiger partial charge in [0.2, 0.25) is 11.8 Å². The van der Waals surface area contributed by atoms with Gasteiger partial charge in [-0.1, -0.05) is 38.1 Å². The number of hydrogen-bond donors (Lipinski definition) is 0. The number of aryl methyl sites for hydroxylation is 1. The zero-order chi connectivity index (χ0) is 22.8. The van der Waals surface area contributed by atoms with Gasteiger partial charge in [0.1, 0.15) is 11.7 Å². The van der Waals surface area contributed by atoms with Gasteiger partial charge in [-0.2, -0.15) is 0 Å². The van der Waals surface area contributed by atoms with Gasteiger partial charge in [-0.25, -0.2) is 0 Å². The molecule has 0 radical (unpaired) electrons. The molecule has 0 spiro atoms. The van der Waals surface area contributed by atoms with Crippen molar-refractivity contribution in [1.82, 2.24) is 19.3 Å². The number of nitrogens with zero attached hydrogens (tertiary/aromatic N) is 4. The molecule has 1 unspecified atom stereocenters. The SMILES string of the molecule is CC(C)CC(=O)N1Cc2ccccc2CC1C(=O)N1CCN(C(=O)c2cccn2C)CC1. The van der Waals surface area contributed by atoms with Crippen molar-refractivity contribution in [3.8, 4) is 0 Å². The highest BCUT2D eigenvalue weighted by atomic mass is 16.2. The van der Waals surface area contributed by atoms with Crippen LogP contribution >= 0.6 is 0 Å². The average molecular weight is 437 g/mol. The third kappa shape index (κ3) is 4.42. The van der Waals surface area contributed by atoms with Crippen LogP contribution in [0.1, 0.15) is 41.9 Å². The number of rotatable bonds is 4. The molecule has 1 fully saturated rings. The number of aromatic nitrogens is 1. The Kier molecular flexibility index (Phi) is 6.35. The normalized spacial score (nSPS) is 18.6. The standard InChI is InChI=1S/C25H32N4O3/c1-18(2)15-23(30)29-17-20-8-5-4-7-19(20)16-22(29)25(32)28-13-11-27(12-14-28)24(31)21-9-6-10-26(21)3/h4-10,18,22H,11-17H2,1-3H3. The molecular weight excluding hydrogens is 404 g/mol. The van der Waals surface area contributed by atoms with Crippen LogP contribution in [-0.4, -0.2) is 69.2 Å². The van der Waals surface area contributed by atoms with E-state index in [4.69, 9.17) is 0 Å². The van der Waals surface area contributed by atoms with E-state index in [9.17, 15) is 14.4 Å². The van der Waals surface area contributed by atoms with Crippen LogP contribution in [0.15, 0.2) is 42.6 Å². The van der Waals surface area contributed by atoms with Crippen LogP contribution in [0, 0.1) is 5.92 Å². The Balaban J connectivity index is 1.46. The summed E-state index contributed by atoms with van der Waals surface area (Å²) >= 11 is 0. The number of piperazine rings is 1. The molecule has 0 aliphatic carbocycles. The summed E-state index contributed by atoms with van der Waals surface area (Å²) < 4.78 is 1.82. The summed E-state index contributed by atoms with van der Waals surface area (Å²) in [5.41, 5.74) is 2.91. The molecule has 7 heteroatoms. The van der Waals surface area contributed by atoms with E-state index in [-0.39, 0.29) is 23.6 Å². The molecule has 170 valence electrons. The van der Waals surface area contributed by atoms with Gasteiger partial charge in [0.15, 0.2) is 0 Å². The number of benzene rings is 1. The van der Waals surface area contributed by atoms with Crippen molar-refractivity contribution in [3.63, 3.8) is 0 Å². The molecule has 1 saturated heterocycles.